The Hall–Kier alpha value is -4.47. The van der Waals surface area contributed by atoms with Gasteiger partial charge in [0.2, 0.25) is 0 Å². The second-order valence-corrected chi connectivity index (χ2v) is 6.90. The zero-order valence-electron chi connectivity index (χ0n) is 16.9. The second kappa shape index (κ2) is 7.99. The Kier molecular flexibility index (Phi) is 5.19. The maximum Gasteiger partial charge on any atom is 0.308 e. The maximum absolute atomic E-state index is 13.8. The molecule has 0 radical (unpaired) electrons. The highest BCUT2D eigenvalue weighted by atomic mass is 19.1. The summed E-state index contributed by atoms with van der Waals surface area (Å²) < 4.78 is 20.2. The summed E-state index contributed by atoms with van der Waals surface area (Å²) in [5, 5.41) is 16.2. The Bertz CT molecular complexity index is 1410. The fourth-order valence-electron chi connectivity index (χ4n) is 3.31. The Balaban J connectivity index is 1.83. The molecule has 32 heavy (non-hydrogen) atoms. The van der Waals surface area contributed by atoms with Gasteiger partial charge in [-0.2, -0.15) is 5.10 Å². The highest BCUT2D eigenvalue weighted by Crippen LogP contribution is 2.29. The highest BCUT2D eigenvalue weighted by molar-refractivity contribution is 6.12. The van der Waals surface area contributed by atoms with Crippen molar-refractivity contribution in [2.75, 3.05) is 0 Å². The first kappa shape index (κ1) is 20.8. The number of fused-ring (bicyclic) bond motifs is 1. The molecule has 4 rings (SSSR count). The van der Waals surface area contributed by atoms with Crippen LogP contribution < -0.4 is 4.74 Å². The van der Waals surface area contributed by atoms with E-state index in [1.165, 1.54) is 36.0 Å². The Morgan fingerprint density at radius 3 is 2.62 bits per heavy atom. The Labute approximate surface area is 180 Å². The first-order valence-corrected chi connectivity index (χ1v) is 9.38. The smallest absolute Gasteiger partial charge is 0.308 e. The molecule has 2 aromatic heterocycles. The first-order valence-electron chi connectivity index (χ1n) is 9.38. The molecule has 0 unspecified atom stereocenters. The number of nitro benzene ring substituents is 1. The minimum absolute atomic E-state index is 0.0728. The summed E-state index contributed by atoms with van der Waals surface area (Å²) in [5.41, 5.74) is 0.855. The molecule has 0 spiro atoms. The van der Waals surface area contributed by atoms with Crippen LogP contribution in [0.5, 0.6) is 5.75 Å². The predicted molar refractivity (Wildman–Crippen MR) is 111 cm³/mol. The van der Waals surface area contributed by atoms with Gasteiger partial charge in [0.15, 0.2) is 11.4 Å². The molecule has 0 amide bonds. The standard InChI is InChI=1S/C22H15FN4O5/c1-12-16-9-14(21(29)17-10-15(23)7-8-20(17)32-13(2)28)11-24-22(16)26(25-12)18-5-3-4-6-19(18)27(30)31/h3-11H,1-2H3. The number of hydrogen-bond donors (Lipinski definition) is 0. The van der Waals surface area contributed by atoms with Crippen molar-refractivity contribution >= 4 is 28.5 Å². The zero-order chi connectivity index (χ0) is 23.0. The number of rotatable bonds is 5. The molecular weight excluding hydrogens is 419 g/mol. The number of nitro groups is 1. The van der Waals surface area contributed by atoms with E-state index in [0.29, 0.717) is 16.7 Å². The van der Waals surface area contributed by atoms with Gasteiger partial charge in [-0.1, -0.05) is 12.1 Å². The molecule has 160 valence electrons. The number of nitrogens with zero attached hydrogens (tertiary/aromatic N) is 4. The third-order valence-corrected chi connectivity index (χ3v) is 4.72. The van der Waals surface area contributed by atoms with Crippen molar-refractivity contribution in [2.24, 2.45) is 0 Å². The summed E-state index contributed by atoms with van der Waals surface area (Å²) in [4.78, 5) is 39.6. The molecule has 0 N–H and O–H groups in total. The summed E-state index contributed by atoms with van der Waals surface area (Å²) in [5.74, 6) is -2.00. The van der Waals surface area contributed by atoms with Crippen molar-refractivity contribution in [2.45, 2.75) is 13.8 Å². The number of pyridine rings is 1. The molecule has 0 atom stereocenters. The molecule has 10 heteroatoms. The third-order valence-electron chi connectivity index (χ3n) is 4.72. The van der Waals surface area contributed by atoms with Crippen LogP contribution >= 0.6 is 0 Å². The minimum Gasteiger partial charge on any atom is -0.426 e. The molecule has 0 aliphatic heterocycles. The monoisotopic (exact) mass is 434 g/mol. The molecule has 0 saturated carbocycles. The lowest BCUT2D eigenvalue weighted by molar-refractivity contribution is -0.384. The van der Waals surface area contributed by atoms with Gasteiger partial charge in [0, 0.05) is 30.1 Å². The van der Waals surface area contributed by atoms with Crippen LogP contribution in [0.2, 0.25) is 0 Å². The first-order chi connectivity index (χ1) is 15.3. The summed E-state index contributed by atoms with van der Waals surface area (Å²) in [6.07, 6.45) is 1.26. The molecule has 0 fully saturated rings. The fourth-order valence-corrected chi connectivity index (χ4v) is 3.31. The topological polar surface area (TPSA) is 117 Å². The fraction of sp³-hybridized carbons (Fsp3) is 0.0909. The van der Waals surface area contributed by atoms with E-state index in [4.69, 9.17) is 4.74 Å². The van der Waals surface area contributed by atoms with Gasteiger partial charge in [-0.3, -0.25) is 19.7 Å². The van der Waals surface area contributed by atoms with E-state index < -0.39 is 22.5 Å². The van der Waals surface area contributed by atoms with Crippen LogP contribution in [0.3, 0.4) is 0 Å². The zero-order valence-corrected chi connectivity index (χ0v) is 16.9. The van der Waals surface area contributed by atoms with Crippen LogP contribution in [-0.2, 0) is 4.79 Å². The molecule has 4 aromatic rings. The number of carbonyl (C=O) groups excluding carboxylic acids is 2. The summed E-state index contributed by atoms with van der Waals surface area (Å²) >= 11 is 0. The maximum atomic E-state index is 13.8. The van der Waals surface area contributed by atoms with E-state index in [1.54, 1.807) is 25.1 Å². The van der Waals surface area contributed by atoms with Crippen LogP contribution in [0, 0.1) is 22.9 Å². The Morgan fingerprint density at radius 1 is 1.16 bits per heavy atom. The number of carbonyl (C=O) groups is 2. The largest absolute Gasteiger partial charge is 0.426 e. The lowest BCUT2D eigenvalue weighted by atomic mass is 10.0. The van der Waals surface area contributed by atoms with E-state index in [9.17, 15) is 24.1 Å². The van der Waals surface area contributed by atoms with Crippen LogP contribution in [0.1, 0.15) is 28.5 Å². The highest BCUT2D eigenvalue weighted by Gasteiger charge is 2.22. The van der Waals surface area contributed by atoms with Crippen molar-refractivity contribution in [3.05, 3.63) is 87.5 Å². The van der Waals surface area contributed by atoms with Gasteiger partial charge in [-0.25, -0.2) is 14.1 Å². The molecule has 0 aliphatic carbocycles. The van der Waals surface area contributed by atoms with Crippen LogP contribution in [0.25, 0.3) is 16.7 Å². The predicted octanol–water partition coefficient (Wildman–Crippen LogP) is 3.93. The van der Waals surface area contributed by atoms with E-state index in [2.05, 4.69) is 10.1 Å². The number of aryl methyl sites for hydroxylation is 1. The number of esters is 1. The molecule has 2 heterocycles. The molecule has 2 aromatic carbocycles. The number of ether oxygens (including phenoxy) is 1. The summed E-state index contributed by atoms with van der Waals surface area (Å²) in [7, 11) is 0. The summed E-state index contributed by atoms with van der Waals surface area (Å²) in [6, 6.07) is 10.9. The van der Waals surface area contributed by atoms with Crippen LogP contribution in [-0.4, -0.2) is 31.4 Å². The summed E-state index contributed by atoms with van der Waals surface area (Å²) in [6.45, 7) is 2.85. The van der Waals surface area contributed by atoms with Gasteiger partial charge < -0.3 is 4.74 Å². The number of benzene rings is 2. The number of aromatic nitrogens is 3. The van der Waals surface area contributed by atoms with E-state index in [-0.39, 0.29) is 28.3 Å². The molecule has 0 aliphatic rings. The SMILES string of the molecule is CC(=O)Oc1ccc(F)cc1C(=O)c1cnc2c(c1)c(C)nn2-c1ccccc1[N+](=O)[O-]. The van der Waals surface area contributed by atoms with Gasteiger partial charge in [-0.15, -0.1) is 0 Å². The number of hydrogen-bond acceptors (Lipinski definition) is 7. The Morgan fingerprint density at radius 2 is 1.91 bits per heavy atom. The van der Waals surface area contributed by atoms with Crippen LogP contribution in [0.4, 0.5) is 10.1 Å². The van der Waals surface area contributed by atoms with Crippen molar-refractivity contribution in [1.29, 1.82) is 0 Å². The van der Waals surface area contributed by atoms with Crippen LogP contribution in [0.15, 0.2) is 54.7 Å². The lowest BCUT2D eigenvalue weighted by Crippen LogP contribution is -2.09. The average molecular weight is 434 g/mol. The molecule has 0 saturated heterocycles. The van der Waals surface area contributed by atoms with Crippen molar-refractivity contribution in [3.8, 4) is 11.4 Å². The number of para-hydroxylation sites is 2. The second-order valence-electron chi connectivity index (χ2n) is 6.90. The average Bonchev–Trinajstić information content (AvgIpc) is 3.10. The van der Waals surface area contributed by atoms with E-state index in [0.717, 1.165) is 12.1 Å². The number of halogens is 1. The van der Waals surface area contributed by atoms with E-state index in [1.807, 2.05) is 0 Å². The van der Waals surface area contributed by atoms with Gasteiger partial charge in [0.25, 0.3) is 5.69 Å². The van der Waals surface area contributed by atoms with Gasteiger partial charge in [0.1, 0.15) is 17.3 Å². The van der Waals surface area contributed by atoms with Crippen molar-refractivity contribution < 1.29 is 23.6 Å². The molecule has 0 bridgehead atoms. The third kappa shape index (κ3) is 3.69. The molecular formula is C22H15FN4O5. The molecule has 9 nitrogen and oxygen atoms in total. The minimum atomic E-state index is -0.668. The quantitative estimate of drug-likeness (QED) is 0.154. The van der Waals surface area contributed by atoms with E-state index >= 15 is 0 Å². The van der Waals surface area contributed by atoms with Crippen molar-refractivity contribution in [3.63, 3.8) is 0 Å². The van der Waals surface area contributed by atoms with Gasteiger partial charge in [0.05, 0.1) is 16.2 Å². The number of ketones is 1. The van der Waals surface area contributed by atoms with Gasteiger partial charge >= 0.3 is 5.97 Å². The van der Waals surface area contributed by atoms with Gasteiger partial charge in [-0.05, 0) is 37.3 Å². The van der Waals surface area contributed by atoms with Crippen molar-refractivity contribution in [1.82, 2.24) is 14.8 Å². The normalized spacial score (nSPS) is 10.8. The lowest BCUT2D eigenvalue weighted by Gasteiger charge is -2.09.